The van der Waals surface area contributed by atoms with Crippen LogP contribution in [-0.2, 0) is 4.79 Å². The van der Waals surface area contributed by atoms with Crippen molar-refractivity contribution in [3.05, 3.63) is 0 Å². The van der Waals surface area contributed by atoms with Gasteiger partial charge in [0, 0.05) is 17.9 Å². The summed E-state index contributed by atoms with van der Waals surface area (Å²) in [7, 11) is 0. The van der Waals surface area contributed by atoms with Crippen LogP contribution in [0.2, 0.25) is 0 Å². The molecule has 0 aliphatic heterocycles. The molecule has 0 bridgehead atoms. The molecule has 4 heteroatoms. The van der Waals surface area contributed by atoms with Crippen LogP contribution in [0.4, 0.5) is 0 Å². The summed E-state index contributed by atoms with van der Waals surface area (Å²) >= 11 is 1.47. The first-order valence-corrected chi connectivity index (χ1v) is 4.33. The van der Waals surface area contributed by atoms with Gasteiger partial charge in [-0.15, -0.1) is 12.3 Å². The predicted octanol–water partition coefficient (Wildman–Crippen LogP) is 0.155. The zero-order valence-electron chi connectivity index (χ0n) is 6.12. The van der Waals surface area contributed by atoms with Gasteiger partial charge in [0.25, 0.3) is 0 Å². The molecule has 0 spiro atoms. The van der Waals surface area contributed by atoms with E-state index in [9.17, 15) is 4.79 Å². The Labute approximate surface area is 70.3 Å². The summed E-state index contributed by atoms with van der Waals surface area (Å²) in [5.41, 5.74) is 5.23. The van der Waals surface area contributed by atoms with Gasteiger partial charge in [0.05, 0.1) is 0 Å². The second kappa shape index (κ2) is 6.08. The molecule has 0 aliphatic carbocycles. The van der Waals surface area contributed by atoms with Crippen molar-refractivity contribution in [2.75, 3.05) is 11.5 Å². The standard InChI is InChI=1S/C7H11NO2S/c1-2-3-4-11-5-6(8)7(9)10/h1,6H,3-5,8H2,(H,9,10). The van der Waals surface area contributed by atoms with E-state index in [0.29, 0.717) is 12.2 Å². The van der Waals surface area contributed by atoms with Crippen LogP contribution in [0.5, 0.6) is 0 Å². The maximum Gasteiger partial charge on any atom is 0.321 e. The zero-order chi connectivity index (χ0) is 8.69. The van der Waals surface area contributed by atoms with Crippen molar-refractivity contribution in [1.29, 1.82) is 0 Å². The van der Waals surface area contributed by atoms with Gasteiger partial charge in [-0.2, -0.15) is 11.8 Å². The Bertz CT molecular complexity index is 164. The molecule has 0 aromatic rings. The van der Waals surface area contributed by atoms with Gasteiger partial charge in [0.2, 0.25) is 0 Å². The van der Waals surface area contributed by atoms with Crippen LogP contribution < -0.4 is 5.73 Å². The van der Waals surface area contributed by atoms with Crippen LogP contribution in [0.1, 0.15) is 6.42 Å². The number of rotatable bonds is 5. The molecule has 0 rings (SSSR count). The fraction of sp³-hybridized carbons (Fsp3) is 0.571. The third kappa shape index (κ3) is 5.77. The number of carboxylic acids is 1. The quantitative estimate of drug-likeness (QED) is 0.459. The van der Waals surface area contributed by atoms with E-state index in [4.69, 9.17) is 17.3 Å². The van der Waals surface area contributed by atoms with E-state index >= 15 is 0 Å². The third-order valence-corrected chi connectivity index (χ3v) is 2.09. The van der Waals surface area contributed by atoms with E-state index in [2.05, 4.69) is 5.92 Å². The molecule has 1 unspecified atom stereocenters. The molecule has 0 aliphatic rings. The minimum Gasteiger partial charge on any atom is -0.480 e. The average Bonchev–Trinajstić information content (AvgIpc) is 1.97. The van der Waals surface area contributed by atoms with Gasteiger partial charge in [-0.1, -0.05) is 0 Å². The van der Waals surface area contributed by atoms with Crippen LogP contribution in [0.25, 0.3) is 0 Å². The lowest BCUT2D eigenvalue weighted by molar-refractivity contribution is -0.137. The largest absolute Gasteiger partial charge is 0.480 e. The van der Waals surface area contributed by atoms with Gasteiger partial charge >= 0.3 is 5.97 Å². The maximum atomic E-state index is 10.2. The number of aliphatic carboxylic acids is 1. The predicted molar refractivity (Wildman–Crippen MR) is 46.4 cm³/mol. The van der Waals surface area contributed by atoms with Gasteiger partial charge in [-0.05, 0) is 0 Å². The minimum atomic E-state index is -0.960. The molecular weight excluding hydrogens is 162 g/mol. The van der Waals surface area contributed by atoms with Gasteiger partial charge in [-0.25, -0.2) is 0 Å². The normalized spacial score (nSPS) is 12.0. The van der Waals surface area contributed by atoms with Crippen LogP contribution in [0.15, 0.2) is 0 Å². The number of hydrogen-bond donors (Lipinski definition) is 2. The van der Waals surface area contributed by atoms with Crippen LogP contribution in [0.3, 0.4) is 0 Å². The lowest BCUT2D eigenvalue weighted by Gasteiger charge is -2.03. The summed E-state index contributed by atoms with van der Waals surface area (Å²) in [4.78, 5) is 10.2. The first kappa shape index (κ1) is 10.3. The van der Waals surface area contributed by atoms with Crippen molar-refractivity contribution in [2.24, 2.45) is 5.73 Å². The minimum absolute atomic E-state index is 0.428. The number of thioether (sulfide) groups is 1. The number of carboxylic acid groups (broad SMARTS) is 1. The molecule has 0 saturated carbocycles. The first-order valence-electron chi connectivity index (χ1n) is 3.18. The molecule has 3 N–H and O–H groups in total. The molecule has 0 radical (unpaired) electrons. The number of carbonyl (C=O) groups is 1. The second-order valence-electron chi connectivity index (χ2n) is 1.97. The van der Waals surface area contributed by atoms with Crippen molar-refractivity contribution in [2.45, 2.75) is 12.5 Å². The average molecular weight is 173 g/mol. The van der Waals surface area contributed by atoms with E-state index in [1.54, 1.807) is 0 Å². The molecule has 0 aromatic carbocycles. The lowest BCUT2D eigenvalue weighted by Crippen LogP contribution is -2.32. The molecule has 0 aromatic heterocycles. The summed E-state index contributed by atoms with van der Waals surface area (Å²) in [5, 5.41) is 8.36. The van der Waals surface area contributed by atoms with E-state index in [-0.39, 0.29) is 0 Å². The van der Waals surface area contributed by atoms with Gasteiger partial charge in [0.15, 0.2) is 0 Å². The van der Waals surface area contributed by atoms with Crippen molar-refractivity contribution in [1.82, 2.24) is 0 Å². The number of nitrogens with two attached hydrogens (primary N) is 1. The summed E-state index contributed by atoms with van der Waals surface area (Å²) in [6.07, 6.45) is 5.66. The van der Waals surface area contributed by atoms with E-state index < -0.39 is 12.0 Å². The highest BCUT2D eigenvalue weighted by Gasteiger charge is 2.09. The zero-order valence-corrected chi connectivity index (χ0v) is 6.93. The fourth-order valence-corrected chi connectivity index (χ4v) is 1.24. The summed E-state index contributed by atoms with van der Waals surface area (Å²) in [5.74, 6) is 2.70. The molecule has 0 heterocycles. The molecular formula is C7H11NO2S. The van der Waals surface area contributed by atoms with E-state index in [1.807, 2.05) is 0 Å². The molecule has 0 saturated heterocycles. The molecule has 62 valence electrons. The first-order chi connectivity index (χ1) is 5.18. The molecule has 1 atom stereocenters. The topological polar surface area (TPSA) is 63.3 Å². The fourth-order valence-electron chi connectivity index (χ4n) is 0.413. The van der Waals surface area contributed by atoms with Crippen LogP contribution >= 0.6 is 11.8 Å². The molecule has 11 heavy (non-hydrogen) atoms. The lowest BCUT2D eigenvalue weighted by atomic mass is 10.4. The number of terminal acetylenes is 1. The van der Waals surface area contributed by atoms with Crippen molar-refractivity contribution >= 4 is 17.7 Å². The van der Waals surface area contributed by atoms with Crippen molar-refractivity contribution < 1.29 is 9.90 Å². The monoisotopic (exact) mass is 173 g/mol. The van der Waals surface area contributed by atoms with Gasteiger partial charge < -0.3 is 10.8 Å². The Morgan fingerprint density at radius 3 is 2.91 bits per heavy atom. The third-order valence-electron chi connectivity index (χ3n) is 1.01. The summed E-state index contributed by atoms with van der Waals surface area (Å²) < 4.78 is 0. The van der Waals surface area contributed by atoms with Crippen LogP contribution in [0, 0.1) is 12.3 Å². The number of hydrogen-bond acceptors (Lipinski definition) is 3. The van der Waals surface area contributed by atoms with Crippen LogP contribution in [-0.4, -0.2) is 28.6 Å². The SMILES string of the molecule is C#CCCSCC(N)C(=O)O. The summed E-state index contributed by atoms with van der Waals surface area (Å²) in [6, 6.07) is -0.766. The van der Waals surface area contributed by atoms with E-state index in [0.717, 1.165) is 5.75 Å². The Hall–Kier alpha value is -0.660. The van der Waals surface area contributed by atoms with Gasteiger partial charge in [0.1, 0.15) is 6.04 Å². The Balaban J connectivity index is 3.26. The second-order valence-corrected chi connectivity index (χ2v) is 3.12. The van der Waals surface area contributed by atoms with Crippen molar-refractivity contribution in [3.8, 4) is 12.3 Å². The Morgan fingerprint density at radius 2 is 2.45 bits per heavy atom. The molecule has 3 nitrogen and oxygen atoms in total. The summed E-state index contributed by atoms with van der Waals surface area (Å²) in [6.45, 7) is 0. The Kier molecular flexibility index (Phi) is 5.71. The van der Waals surface area contributed by atoms with E-state index in [1.165, 1.54) is 11.8 Å². The molecule has 0 fully saturated rings. The highest BCUT2D eigenvalue weighted by Crippen LogP contribution is 2.02. The van der Waals surface area contributed by atoms with Gasteiger partial charge in [-0.3, -0.25) is 4.79 Å². The smallest absolute Gasteiger partial charge is 0.321 e. The maximum absolute atomic E-state index is 10.2. The highest BCUT2D eigenvalue weighted by molar-refractivity contribution is 7.99. The highest BCUT2D eigenvalue weighted by atomic mass is 32.2. The van der Waals surface area contributed by atoms with Crippen molar-refractivity contribution in [3.63, 3.8) is 0 Å². The Morgan fingerprint density at radius 1 is 1.82 bits per heavy atom. The molecule has 0 amide bonds.